The molecule has 0 atom stereocenters. The standard InChI is InChI=1S/C14H25N3/c1-4-17-13(15)12(16-14(17)10(2)3)11-8-6-5-7-9-11/h10-11H,4-9,15H2,1-3H3. The lowest BCUT2D eigenvalue weighted by Crippen LogP contribution is -2.09. The Hall–Kier alpha value is -0.990. The average Bonchev–Trinajstić information content (AvgIpc) is 2.67. The molecule has 0 unspecified atom stereocenters. The molecular formula is C14H25N3. The third kappa shape index (κ3) is 2.33. The van der Waals surface area contributed by atoms with Crippen LogP contribution in [0.5, 0.6) is 0 Å². The normalized spacial score (nSPS) is 17.9. The average molecular weight is 235 g/mol. The highest BCUT2D eigenvalue weighted by atomic mass is 15.1. The van der Waals surface area contributed by atoms with Gasteiger partial charge in [-0.05, 0) is 19.8 Å². The molecule has 1 aliphatic carbocycles. The Kier molecular flexibility index (Phi) is 3.75. The molecule has 1 saturated carbocycles. The summed E-state index contributed by atoms with van der Waals surface area (Å²) in [6, 6.07) is 0. The second-order valence-electron chi connectivity index (χ2n) is 5.47. The van der Waals surface area contributed by atoms with Crippen LogP contribution in [0.25, 0.3) is 0 Å². The highest BCUT2D eigenvalue weighted by Crippen LogP contribution is 2.36. The molecule has 0 spiro atoms. The zero-order chi connectivity index (χ0) is 12.4. The topological polar surface area (TPSA) is 43.8 Å². The lowest BCUT2D eigenvalue weighted by Gasteiger charge is -2.20. The van der Waals surface area contributed by atoms with Crippen molar-refractivity contribution < 1.29 is 0 Å². The Bertz CT molecular complexity index is 373. The molecule has 0 saturated heterocycles. The van der Waals surface area contributed by atoms with E-state index in [2.05, 4.69) is 25.3 Å². The first-order chi connectivity index (χ1) is 8.15. The molecule has 0 bridgehead atoms. The third-order valence-electron chi connectivity index (χ3n) is 3.89. The van der Waals surface area contributed by atoms with Crippen LogP contribution in [-0.2, 0) is 6.54 Å². The minimum absolute atomic E-state index is 0.453. The molecule has 2 N–H and O–H groups in total. The van der Waals surface area contributed by atoms with Crippen molar-refractivity contribution in [1.82, 2.24) is 9.55 Å². The number of rotatable bonds is 3. The molecule has 2 rings (SSSR count). The van der Waals surface area contributed by atoms with Crippen LogP contribution in [0.4, 0.5) is 5.82 Å². The van der Waals surface area contributed by atoms with E-state index in [-0.39, 0.29) is 0 Å². The first-order valence-corrected chi connectivity index (χ1v) is 7.00. The van der Waals surface area contributed by atoms with E-state index >= 15 is 0 Å². The Morgan fingerprint density at radius 3 is 2.41 bits per heavy atom. The number of hydrogen-bond acceptors (Lipinski definition) is 2. The maximum absolute atomic E-state index is 6.28. The van der Waals surface area contributed by atoms with Crippen LogP contribution < -0.4 is 5.73 Å². The van der Waals surface area contributed by atoms with Gasteiger partial charge in [-0.15, -0.1) is 0 Å². The van der Waals surface area contributed by atoms with E-state index in [1.54, 1.807) is 0 Å². The largest absolute Gasteiger partial charge is 0.384 e. The van der Waals surface area contributed by atoms with Gasteiger partial charge >= 0.3 is 0 Å². The lowest BCUT2D eigenvalue weighted by molar-refractivity contribution is 0.438. The summed E-state index contributed by atoms with van der Waals surface area (Å²) in [6.07, 6.45) is 6.58. The Morgan fingerprint density at radius 2 is 1.94 bits per heavy atom. The summed E-state index contributed by atoms with van der Waals surface area (Å²) >= 11 is 0. The van der Waals surface area contributed by atoms with Crippen LogP contribution in [0.1, 0.15) is 76.2 Å². The maximum atomic E-state index is 6.28. The van der Waals surface area contributed by atoms with E-state index in [0.29, 0.717) is 11.8 Å². The molecule has 3 heteroatoms. The summed E-state index contributed by atoms with van der Waals surface area (Å²) in [5, 5.41) is 0. The molecule has 1 fully saturated rings. The van der Waals surface area contributed by atoms with E-state index in [9.17, 15) is 0 Å². The summed E-state index contributed by atoms with van der Waals surface area (Å²) in [5.74, 6) is 3.14. The Balaban J connectivity index is 2.33. The molecule has 0 amide bonds. The molecular weight excluding hydrogens is 210 g/mol. The predicted molar refractivity (Wildman–Crippen MR) is 72.2 cm³/mol. The van der Waals surface area contributed by atoms with Crippen molar-refractivity contribution in [1.29, 1.82) is 0 Å². The van der Waals surface area contributed by atoms with Crippen molar-refractivity contribution in [3.8, 4) is 0 Å². The summed E-state index contributed by atoms with van der Waals surface area (Å²) < 4.78 is 2.19. The van der Waals surface area contributed by atoms with Crippen molar-refractivity contribution in [3.05, 3.63) is 11.5 Å². The molecule has 1 aromatic heterocycles. The fourth-order valence-electron chi connectivity index (χ4n) is 2.95. The van der Waals surface area contributed by atoms with Gasteiger partial charge in [0.25, 0.3) is 0 Å². The zero-order valence-electron chi connectivity index (χ0n) is 11.4. The smallest absolute Gasteiger partial charge is 0.127 e. The van der Waals surface area contributed by atoms with Crippen LogP contribution in [0, 0.1) is 0 Å². The Morgan fingerprint density at radius 1 is 1.29 bits per heavy atom. The monoisotopic (exact) mass is 235 g/mol. The SMILES string of the molecule is CCn1c(C(C)C)nc(C2CCCCC2)c1N. The van der Waals surface area contributed by atoms with Gasteiger partial charge < -0.3 is 10.3 Å². The van der Waals surface area contributed by atoms with E-state index in [1.807, 2.05) is 0 Å². The minimum atomic E-state index is 0.453. The first-order valence-electron chi connectivity index (χ1n) is 7.00. The highest BCUT2D eigenvalue weighted by Gasteiger charge is 2.24. The van der Waals surface area contributed by atoms with E-state index in [0.717, 1.165) is 18.2 Å². The number of anilines is 1. The van der Waals surface area contributed by atoms with Gasteiger partial charge in [-0.25, -0.2) is 4.98 Å². The van der Waals surface area contributed by atoms with Crippen LogP contribution in [0.15, 0.2) is 0 Å². The number of hydrogen-bond donors (Lipinski definition) is 1. The molecule has 0 aliphatic heterocycles. The molecule has 0 radical (unpaired) electrons. The summed E-state index contributed by atoms with van der Waals surface area (Å²) in [6.45, 7) is 7.46. The predicted octanol–water partition coefficient (Wildman–Crippen LogP) is 3.66. The van der Waals surface area contributed by atoms with E-state index in [1.165, 1.54) is 37.8 Å². The summed E-state index contributed by atoms with van der Waals surface area (Å²) in [5.41, 5.74) is 7.46. The second-order valence-corrected chi connectivity index (χ2v) is 5.47. The van der Waals surface area contributed by atoms with Crippen LogP contribution >= 0.6 is 0 Å². The van der Waals surface area contributed by atoms with Gasteiger partial charge in [0.15, 0.2) is 0 Å². The van der Waals surface area contributed by atoms with Crippen LogP contribution in [0.3, 0.4) is 0 Å². The number of nitrogens with zero attached hydrogens (tertiary/aromatic N) is 2. The van der Waals surface area contributed by atoms with Crippen molar-refractivity contribution in [2.75, 3.05) is 5.73 Å². The fraction of sp³-hybridized carbons (Fsp3) is 0.786. The lowest BCUT2D eigenvalue weighted by atomic mass is 9.87. The molecule has 1 aliphatic rings. The second kappa shape index (κ2) is 5.11. The molecule has 1 heterocycles. The third-order valence-corrected chi connectivity index (χ3v) is 3.89. The van der Waals surface area contributed by atoms with Gasteiger partial charge in [0.05, 0.1) is 5.69 Å². The molecule has 0 aromatic carbocycles. The van der Waals surface area contributed by atoms with Crippen molar-refractivity contribution in [2.45, 2.75) is 71.3 Å². The maximum Gasteiger partial charge on any atom is 0.127 e. The Labute approximate surface area is 104 Å². The zero-order valence-corrected chi connectivity index (χ0v) is 11.4. The molecule has 3 nitrogen and oxygen atoms in total. The van der Waals surface area contributed by atoms with Gasteiger partial charge in [0, 0.05) is 18.4 Å². The number of nitrogen functional groups attached to an aromatic ring is 1. The van der Waals surface area contributed by atoms with Gasteiger partial charge in [-0.3, -0.25) is 0 Å². The minimum Gasteiger partial charge on any atom is -0.384 e. The van der Waals surface area contributed by atoms with E-state index in [4.69, 9.17) is 10.7 Å². The van der Waals surface area contributed by atoms with Crippen molar-refractivity contribution in [2.24, 2.45) is 0 Å². The summed E-state index contributed by atoms with van der Waals surface area (Å²) in [4.78, 5) is 4.84. The number of aromatic nitrogens is 2. The molecule has 1 aromatic rings. The van der Waals surface area contributed by atoms with Crippen LogP contribution in [-0.4, -0.2) is 9.55 Å². The molecule has 96 valence electrons. The number of nitrogens with two attached hydrogens (primary N) is 1. The van der Waals surface area contributed by atoms with Gasteiger partial charge in [-0.2, -0.15) is 0 Å². The number of imidazole rings is 1. The quantitative estimate of drug-likeness (QED) is 0.869. The van der Waals surface area contributed by atoms with Crippen LogP contribution in [0.2, 0.25) is 0 Å². The van der Waals surface area contributed by atoms with Gasteiger partial charge in [-0.1, -0.05) is 33.1 Å². The van der Waals surface area contributed by atoms with Crippen molar-refractivity contribution >= 4 is 5.82 Å². The van der Waals surface area contributed by atoms with Gasteiger partial charge in [0.2, 0.25) is 0 Å². The fourth-order valence-corrected chi connectivity index (χ4v) is 2.95. The van der Waals surface area contributed by atoms with Gasteiger partial charge in [0.1, 0.15) is 11.6 Å². The summed E-state index contributed by atoms with van der Waals surface area (Å²) in [7, 11) is 0. The highest BCUT2D eigenvalue weighted by molar-refractivity contribution is 5.41. The molecule has 17 heavy (non-hydrogen) atoms. The van der Waals surface area contributed by atoms with E-state index < -0.39 is 0 Å². The first kappa shape index (κ1) is 12.5. The van der Waals surface area contributed by atoms with Crippen molar-refractivity contribution in [3.63, 3.8) is 0 Å².